The van der Waals surface area contributed by atoms with Crippen LogP contribution in [-0.4, -0.2) is 105 Å². The van der Waals surface area contributed by atoms with Crippen LogP contribution in [0.5, 0.6) is 11.5 Å². The van der Waals surface area contributed by atoms with E-state index in [-0.39, 0.29) is 39.3 Å². The van der Waals surface area contributed by atoms with Gasteiger partial charge in [0.25, 0.3) is 0 Å². The molecule has 0 saturated carbocycles. The average Bonchev–Trinajstić information content (AvgIpc) is 2.97. The van der Waals surface area contributed by atoms with Gasteiger partial charge in [0.05, 0.1) is 25.6 Å². The van der Waals surface area contributed by atoms with Gasteiger partial charge in [-0.3, -0.25) is 29.0 Å². The molecule has 15 heteroatoms. The van der Waals surface area contributed by atoms with Gasteiger partial charge in [0.15, 0.2) is 10.2 Å². The highest BCUT2D eigenvalue weighted by Crippen LogP contribution is 2.26. The van der Waals surface area contributed by atoms with E-state index in [9.17, 15) is 19.2 Å². The lowest BCUT2D eigenvalue weighted by Gasteiger charge is -2.32. The highest BCUT2D eigenvalue weighted by molar-refractivity contribution is 7.80. The van der Waals surface area contributed by atoms with Crippen LogP contribution in [0.3, 0.4) is 0 Å². The van der Waals surface area contributed by atoms with Gasteiger partial charge in [-0.1, -0.05) is 0 Å². The molecule has 2 atom stereocenters. The van der Waals surface area contributed by atoms with Crippen LogP contribution in [0.2, 0.25) is 0 Å². The molecular formula is C30H40N6O7S2. The predicted molar refractivity (Wildman–Crippen MR) is 179 cm³/mol. The second-order valence-corrected chi connectivity index (χ2v) is 11.4. The van der Waals surface area contributed by atoms with E-state index in [4.69, 9.17) is 33.9 Å². The van der Waals surface area contributed by atoms with Crippen molar-refractivity contribution in [3.05, 3.63) is 48.5 Å². The molecule has 244 valence electrons. The second-order valence-electron chi connectivity index (χ2n) is 10.6. The summed E-state index contributed by atoms with van der Waals surface area (Å²) in [5.41, 5.74) is 1.23. The Morgan fingerprint density at radius 2 is 0.956 bits per heavy atom. The van der Waals surface area contributed by atoms with Gasteiger partial charge >= 0.3 is 0 Å². The molecule has 4 amide bonds. The maximum atomic E-state index is 12.6. The average molecular weight is 661 g/mol. The van der Waals surface area contributed by atoms with Gasteiger partial charge in [-0.25, -0.2) is 0 Å². The van der Waals surface area contributed by atoms with Gasteiger partial charge in [-0.2, -0.15) is 0 Å². The smallest absolute Gasteiger partial charge is 0.245 e. The molecule has 4 N–H and O–H groups in total. The molecule has 2 aromatic carbocycles. The van der Waals surface area contributed by atoms with Crippen molar-refractivity contribution in [3.63, 3.8) is 0 Å². The third kappa shape index (κ3) is 9.48. The van der Waals surface area contributed by atoms with E-state index in [0.29, 0.717) is 48.8 Å². The largest absolute Gasteiger partial charge is 0.497 e. The molecule has 0 aromatic heterocycles. The van der Waals surface area contributed by atoms with Crippen LogP contribution in [0.4, 0.5) is 11.4 Å². The van der Waals surface area contributed by atoms with Crippen LogP contribution in [-0.2, 0) is 19.2 Å². The number of methoxy groups -OCH3 is 2. The fraction of sp³-hybridized carbons (Fsp3) is 0.400. The van der Waals surface area contributed by atoms with Crippen molar-refractivity contribution in [1.82, 2.24) is 20.4 Å². The van der Waals surface area contributed by atoms with E-state index in [0.717, 1.165) is 0 Å². The minimum atomic E-state index is -0.726. The van der Waals surface area contributed by atoms with E-state index >= 15 is 0 Å². The molecule has 0 radical (unpaired) electrons. The molecule has 0 aliphatic carbocycles. The number of nitrogens with zero attached hydrogens (tertiary/aromatic N) is 4. The number of ether oxygens (including phenoxy) is 2. The summed E-state index contributed by atoms with van der Waals surface area (Å²) in [6.45, 7) is 1.29. The fourth-order valence-electron chi connectivity index (χ4n) is 4.47. The Bertz CT molecular complexity index is 1280. The highest BCUT2D eigenvalue weighted by Gasteiger charge is 2.40. The highest BCUT2D eigenvalue weighted by atomic mass is 32.1. The predicted octanol–water partition coefficient (Wildman–Crippen LogP) is 1.20. The molecule has 2 aliphatic heterocycles. The van der Waals surface area contributed by atoms with Crippen molar-refractivity contribution >= 4 is 69.7 Å². The third-order valence-electron chi connectivity index (χ3n) is 6.93. The van der Waals surface area contributed by atoms with Gasteiger partial charge in [0, 0.05) is 0 Å². The van der Waals surface area contributed by atoms with E-state index in [1.54, 1.807) is 62.8 Å². The number of benzene rings is 2. The molecule has 2 unspecified atom stereocenters. The molecule has 2 fully saturated rings. The Morgan fingerprint density at radius 1 is 0.644 bits per heavy atom. The SMILES string of the molecule is COc1ccc(N2C(=O)C(CCN(C)C)C(=O)NC2=S)cc1.COc1ccc(N2C(=O)C(CCN(C)C)C(=O)NC2=S)cc1.O. The number of nitrogens with one attached hydrogen (secondary N) is 2. The lowest BCUT2D eigenvalue weighted by Crippen LogP contribution is -2.58. The lowest BCUT2D eigenvalue weighted by molar-refractivity contribution is -0.135. The molecule has 4 rings (SSSR count). The molecule has 2 aliphatic rings. The topological polar surface area (TPSA) is 155 Å². The summed E-state index contributed by atoms with van der Waals surface area (Å²) < 4.78 is 10.2. The van der Waals surface area contributed by atoms with Gasteiger partial charge < -0.3 is 35.4 Å². The standard InChI is InChI=1S/2C15H19N3O3S.H2O/c2*1-17(2)9-8-12-13(19)16-15(22)18(14(12)20)10-4-6-11(21-3)7-5-10;/h2*4-7,12H,8-9H2,1-3H3,(H,16,19,22);1H2. The first-order chi connectivity index (χ1) is 20.9. The Labute approximate surface area is 273 Å². The van der Waals surface area contributed by atoms with Gasteiger partial charge in [-0.05, 0) is 127 Å². The van der Waals surface area contributed by atoms with Crippen molar-refractivity contribution in [2.24, 2.45) is 11.8 Å². The maximum Gasteiger partial charge on any atom is 0.245 e. The normalized spacial score (nSPS) is 18.2. The number of carbonyl (C=O) groups is 4. The minimum absolute atomic E-state index is 0. The molecule has 0 bridgehead atoms. The summed E-state index contributed by atoms with van der Waals surface area (Å²) in [7, 11) is 10.7. The lowest BCUT2D eigenvalue weighted by atomic mass is 10.00. The van der Waals surface area contributed by atoms with Gasteiger partial charge in [-0.15, -0.1) is 0 Å². The first kappa shape index (κ1) is 37.2. The Hall–Kier alpha value is -4.02. The zero-order chi connectivity index (χ0) is 32.6. The molecule has 13 nitrogen and oxygen atoms in total. The van der Waals surface area contributed by atoms with E-state index in [2.05, 4.69) is 10.6 Å². The second kappa shape index (κ2) is 16.9. The number of hydrogen-bond acceptors (Lipinski definition) is 10. The Balaban J connectivity index is 0.000000307. The summed E-state index contributed by atoms with van der Waals surface area (Å²) >= 11 is 10.3. The number of thiocarbonyl (C=S) groups is 2. The monoisotopic (exact) mass is 660 g/mol. The van der Waals surface area contributed by atoms with Crippen LogP contribution in [0, 0.1) is 11.8 Å². The summed E-state index contributed by atoms with van der Waals surface area (Å²) in [4.78, 5) is 55.9. The van der Waals surface area contributed by atoms with Crippen LogP contribution in [0.1, 0.15) is 12.8 Å². The number of amides is 4. The van der Waals surface area contributed by atoms with Crippen LogP contribution >= 0.6 is 24.4 Å². The van der Waals surface area contributed by atoms with E-state index < -0.39 is 11.8 Å². The van der Waals surface area contributed by atoms with Gasteiger partial charge in [0.2, 0.25) is 23.6 Å². The van der Waals surface area contributed by atoms with Crippen LogP contribution < -0.4 is 29.9 Å². The maximum absolute atomic E-state index is 12.6. The number of rotatable bonds is 10. The molecule has 45 heavy (non-hydrogen) atoms. The Kier molecular flexibility index (Phi) is 13.9. The zero-order valence-electron chi connectivity index (χ0n) is 26.2. The quantitative estimate of drug-likeness (QED) is 0.281. The first-order valence-electron chi connectivity index (χ1n) is 13.8. The molecule has 2 heterocycles. The molecule has 0 spiro atoms. The third-order valence-corrected chi connectivity index (χ3v) is 7.50. The fourth-order valence-corrected chi connectivity index (χ4v) is 5.06. The summed E-state index contributed by atoms with van der Waals surface area (Å²) in [6.07, 6.45) is 0.903. The molecule has 2 aromatic rings. The van der Waals surface area contributed by atoms with Crippen LogP contribution in [0.25, 0.3) is 0 Å². The first-order valence-corrected chi connectivity index (χ1v) is 14.6. The van der Waals surface area contributed by atoms with Crippen molar-refractivity contribution in [2.75, 3.05) is 65.3 Å². The summed E-state index contributed by atoms with van der Waals surface area (Å²) in [5, 5.41) is 5.44. The van der Waals surface area contributed by atoms with Crippen LogP contribution in [0.15, 0.2) is 48.5 Å². The number of hydrogen-bond donors (Lipinski definition) is 2. The zero-order valence-corrected chi connectivity index (χ0v) is 27.8. The molecular weight excluding hydrogens is 620 g/mol. The number of carbonyl (C=O) groups excluding carboxylic acids is 4. The van der Waals surface area contributed by atoms with Gasteiger partial charge in [0.1, 0.15) is 23.3 Å². The summed E-state index contributed by atoms with van der Waals surface area (Å²) in [5.74, 6) is -1.32. The Morgan fingerprint density at radius 3 is 1.22 bits per heavy atom. The minimum Gasteiger partial charge on any atom is -0.497 e. The van der Waals surface area contributed by atoms with E-state index in [1.165, 1.54) is 9.80 Å². The van der Waals surface area contributed by atoms with Crippen molar-refractivity contribution < 1.29 is 34.1 Å². The molecule has 2 saturated heterocycles. The summed E-state index contributed by atoms with van der Waals surface area (Å²) in [6, 6.07) is 13.9. The van der Waals surface area contributed by atoms with Crippen molar-refractivity contribution in [3.8, 4) is 11.5 Å². The number of anilines is 2. The van der Waals surface area contributed by atoms with Crippen molar-refractivity contribution in [2.45, 2.75) is 12.8 Å². The van der Waals surface area contributed by atoms with E-state index in [1.807, 2.05) is 38.0 Å². The van der Waals surface area contributed by atoms with Crippen molar-refractivity contribution in [1.29, 1.82) is 0 Å².